The molecule has 0 aromatic heterocycles. The number of methoxy groups -OCH3 is 1. The lowest BCUT2D eigenvalue weighted by molar-refractivity contribution is -0.134. The van der Waals surface area contributed by atoms with Crippen molar-refractivity contribution in [1.29, 1.82) is 0 Å². The third kappa shape index (κ3) is 7.91. The Bertz CT molecular complexity index is 1000. The zero-order chi connectivity index (χ0) is 25.0. The summed E-state index contributed by atoms with van der Waals surface area (Å²) in [6.45, 7) is 3.80. The standard InChI is InChI=1S/C26H33N3O6/c1-3-34-23-15-20(9-12-22(23)35-18-25(31)29-13-5-4-6-14-29)26(32)28-17-24(30)27-16-19-7-10-21(33-2)11-8-19/h7-12,15H,3-6,13-14,16-18H2,1-2H3,(H,27,30)(H,28,32). The van der Waals surface area contributed by atoms with Gasteiger partial charge in [0.05, 0.1) is 20.3 Å². The summed E-state index contributed by atoms with van der Waals surface area (Å²) in [4.78, 5) is 38.9. The molecule has 35 heavy (non-hydrogen) atoms. The smallest absolute Gasteiger partial charge is 0.260 e. The van der Waals surface area contributed by atoms with E-state index in [1.54, 1.807) is 25.3 Å². The summed E-state index contributed by atoms with van der Waals surface area (Å²) in [5.41, 5.74) is 1.24. The summed E-state index contributed by atoms with van der Waals surface area (Å²) in [5.74, 6) is 0.719. The van der Waals surface area contributed by atoms with Crippen molar-refractivity contribution < 1.29 is 28.6 Å². The molecule has 0 bridgehead atoms. The van der Waals surface area contributed by atoms with Crippen LogP contribution in [0.3, 0.4) is 0 Å². The van der Waals surface area contributed by atoms with Crippen molar-refractivity contribution in [1.82, 2.24) is 15.5 Å². The summed E-state index contributed by atoms with van der Waals surface area (Å²) in [5, 5.41) is 5.37. The summed E-state index contributed by atoms with van der Waals surface area (Å²) >= 11 is 0. The van der Waals surface area contributed by atoms with Crippen LogP contribution in [0.15, 0.2) is 42.5 Å². The molecule has 1 heterocycles. The minimum absolute atomic E-state index is 0.0605. The third-order valence-corrected chi connectivity index (χ3v) is 5.62. The second kappa shape index (κ2) is 13.2. The fourth-order valence-corrected chi connectivity index (χ4v) is 3.68. The number of hydrogen-bond acceptors (Lipinski definition) is 6. The lowest BCUT2D eigenvalue weighted by Gasteiger charge is -2.26. The molecule has 0 radical (unpaired) electrons. The first kappa shape index (κ1) is 25.9. The van der Waals surface area contributed by atoms with Gasteiger partial charge >= 0.3 is 0 Å². The zero-order valence-electron chi connectivity index (χ0n) is 20.3. The van der Waals surface area contributed by atoms with Crippen molar-refractivity contribution in [3.63, 3.8) is 0 Å². The van der Waals surface area contributed by atoms with Gasteiger partial charge in [0.15, 0.2) is 18.1 Å². The van der Waals surface area contributed by atoms with Crippen LogP contribution in [0, 0.1) is 0 Å². The van der Waals surface area contributed by atoms with Crippen LogP contribution in [0.25, 0.3) is 0 Å². The molecule has 9 heteroatoms. The van der Waals surface area contributed by atoms with Gasteiger partial charge < -0.3 is 29.7 Å². The highest BCUT2D eigenvalue weighted by Gasteiger charge is 2.18. The first-order valence-corrected chi connectivity index (χ1v) is 11.9. The molecule has 9 nitrogen and oxygen atoms in total. The maximum atomic E-state index is 12.6. The summed E-state index contributed by atoms with van der Waals surface area (Å²) in [7, 11) is 1.59. The molecule has 1 aliphatic rings. The Balaban J connectivity index is 1.50. The average Bonchev–Trinajstić information content (AvgIpc) is 2.90. The largest absolute Gasteiger partial charge is 0.497 e. The predicted octanol–water partition coefficient (Wildman–Crippen LogP) is 2.53. The fraction of sp³-hybridized carbons (Fsp3) is 0.423. The minimum Gasteiger partial charge on any atom is -0.497 e. The molecule has 3 amide bonds. The first-order valence-electron chi connectivity index (χ1n) is 11.9. The van der Waals surface area contributed by atoms with Gasteiger partial charge in [-0.25, -0.2) is 0 Å². The van der Waals surface area contributed by atoms with E-state index >= 15 is 0 Å². The minimum atomic E-state index is -0.415. The van der Waals surface area contributed by atoms with Crippen LogP contribution in [0.5, 0.6) is 17.2 Å². The van der Waals surface area contributed by atoms with Gasteiger partial charge in [-0.15, -0.1) is 0 Å². The Kier molecular flexibility index (Phi) is 9.77. The highest BCUT2D eigenvalue weighted by atomic mass is 16.5. The molecule has 0 aliphatic carbocycles. The molecule has 0 saturated carbocycles. The number of rotatable bonds is 11. The number of ether oxygens (including phenoxy) is 3. The lowest BCUT2D eigenvalue weighted by atomic mass is 10.1. The maximum Gasteiger partial charge on any atom is 0.260 e. The monoisotopic (exact) mass is 483 g/mol. The van der Waals surface area contributed by atoms with Gasteiger partial charge in [-0.1, -0.05) is 12.1 Å². The van der Waals surface area contributed by atoms with Crippen LogP contribution < -0.4 is 24.8 Å². The molecule has 188 valence electrons. The van der Waals surface area contributed by atoms with Gasteiger partial charge in [-0.05, 0) is 62.1 Å². The van der Waals surface area contributed by atoms with E-state index < -0.39 is 5.91 Å². The number of piperidine rings is 1. The van der Waals surface area contributed by atoms with Gasteiger partial charge in [0, 0.05) is 25.2 Å². The summed E-state index contributed by atoms with van der Waals surface area (Å²) in [6, 6.07) is 12.1. The first-order chi connectivity index (χ1) is 17.0. The van der Waals surface area contributed by atoms with Crippen molar-refractivity contribution in [2.45, 2.75) is 32.7 Å². The fourth-order valence-electron chi connectivity index (χ4n) is 3.68. The molecule has 0 atom stereocenters. The van der Waals surface area contributed by atoms with Crippen LogP contribution in [0.4, 0.5) is 0 Å². The number of carbonyl (C=O) groups excluding carboxylic acids is 3. The lowest BCUT2D eigenvalue weighted by Crippen LogP contribution is -2.38. The van der Waals surface area contributed by atoms with Crippen LogP contribution in [-0.2, 0) is 16.1 Å². The Labute approximate surface area is 205 Å². The van der Waals surface area contributed by atoms with Crippen molar-refractivity contribution in [3.8, 4) is 17.2 Å². The van der Waals surface area contributed by atoms with E-state index in [2.05, 4.69) is 10.6 Å². The molecular formula is C26H33N3O6. The number of likely N-dealkylation sites (tertiary alicyclic amines) is 1. The normalized spacial score (nSPS) is 13.0. The van der Waals surface area contributed by atoms with Gasteiger partial charge in [-0.3, -0.25) is 14.4 Å². The van der Waals surface area contributed by atoms with Crippen molar-refractivity contribution >= 4 is 17.7 Å². The molecular weight excluding hydrogens is 450 g/mol. The van der Waals surface area contributed by atoms with E-state index in [1.807, 2.05) is 36.1 Å². The van der Waals surface area contributed by atoms with Crippen LogP contribution >= 0.6 is 0 Å². The Morgan fingerprint density at radius 2 is 1.66 bits per heavy atom. The molecule has 3 rings (SSSR count). The Hall–Kier alpha value is -3.75. The van der Waals surface area contributed by atoms with Gasteiger partial charge in [0.25, 0.3) is 11.8 Å². The third-order valence-electron chi connectivity index (χ3n) is 5.62. The maximum absolute atomic E-state index is 12.6. The molecule has 0 unspecified atom stereocenters. The second-order valence-electron chi connectivity index (χ2n) is 8.13. The molecule has 1 fully saturated rings. The van der Waals surface area contributed by atoms with E-state index in [4.69, 9.17) is 14.2 Å². The molecule has 2 aromatic carbocycles. The van der Waals surface area contributed by atoms with Crippen molar-refractivity contribution in [3.05, 3.63) is 53.6 Å². The number of carbonyl (C=O) groups is 3. The molecule has 2 aromatic rings. The Morgan fingerprint density at radius 3 is 2.34 bits per heavy atom. The zero-order valence-corrected chi connectivity index (χ0v) is 20.3. The van der Waals surface area contributed by atoms with E-state index in [0.717, 1.165) is 43.7 Å². The van der Waals surface area contributed by atoms with Crippen LogP contribution in [0.2, 0.25) is 0 Å². The van der Waals surface area contributed by atoms with E-state index in [9.17, 15) is 14.4 Å². The van der Waals surface area contributed by atoms with E-state index in [-0.39, 0.29) is 25.0 Å². The molecule has 2 N–H and O–H groups in total. The quantitative estimate of drug-likeness (QED) is 0.509. The predicted molar refractivity (Wildman–Crippen MR) is 131 cm³/mol. The molecule has 0 spiro atoms. The highest BCUT2D eigenvalue weighted by Crippen LogP contribution is 2.28. The van der Waals surface area contributed by atoms with Crippen molar-refractivity contribution in [2.24, 2.45) is 0 Å². The van der Waals surface area contributed by atoms with Gasteiger partial charge in [-0.2, -0.15) is 0 Å². The van der Waals surface area contributed by atoms with E-state index in [0.29, 0.717) is 30.2 Å². The van der Waals surface area contributed by atoms with E-state index in [1.165, 1.54) is 0 Å². The number of nitrogens with zero attached hydrogens (tertiary/aromatic N) is 1. The van der Waals surface area contributed by atoms with Crippen LogP contribution in [0.1, 0.15) is 42.1 Å². The summed E-state index contributed by atoms with van der Waals surface area (Å²) in [6.07, 6.45) is 3.17. The summed E-state index contributed by atoms with van der Waals surface area (Å²) < 4.78 is 16.4. The number of nitrogens with one attached hydrogen (secondary N) is 2. The topological polar surface area (TPSA) is 106 Å². The second-order valence-corrected chi connectivity index (χ2v) is 8.13. The Morgan fingerprint density at radius 1 is 0.914 bits per heavy atom. The van der Waals surface area contributed by atoms with Gasteiger partial charge in [0.2, 0.25) is 5.91 Å². The SMILES string of the molecule is CCOc1cc(C(=O)NCC(=O)NCc2ccc(OC)cc2)ccc1OCC(=O)N1CCCCC1. The van der Waals surface area contributed by atoms with Crippen molar-refractivity contribution in [2.75, 3.05) is 40.0 Å². The number of amides is 3. The van der Waals surface area contributed by atoms with Crippen LogP contribution in [-0.4, -0.2) is 62.6 Å². The average molecular weight is 484 g/mol. The molecule has 1 aliphatic heterocycles. The number of benzene rings is 2. The number of hydrogen-bond donors (Lipinski definition) is 2. The highest BCUT2D eigenvalue weighted by molar-refractivity contribution is 5.97. The molecule has 1 saturated heterocycles. The van der Waals surface area contributed by atoms with Gasteiger partial charge in [0.1, 0.15) is 5.75 Å².